The van der Waals surface area contributed by atoms with Crippen molar-refractivity contribution in [3.05, 3.63) is 88.4 Å². The third-order valence-electron chi connectivity index (χ3n) is 5.10. The normalized spacial score (nSPS) is 17.0. The van der Waals surface area contributed by atoms with Crippen molar-refractivity contribution in [2.75, 3.05) is 12.4 Å². The molecule has 0 aromatic heterocycles. The summed E-state index contributed by atoms with van der Waals surface area (Å²) in [6, 6.07) is 21.5. The van der Waals surface area contributed by atoms with Crippen LogP contribution in [0, 0.1) is 0 Å². The van der Waals surface area contributed by atoms with Crippen LogP contribution in [0.25, 0.3) is 0 Å². The zero-order valence-electron chi connectivity index (χ0n) is 18.2. The fraction of sp³-hybridized carbons (Fsp3) is 0.160. The van der Waals surface area contributed by atoms with Crippen LogP contribution in [0.15, 0.2) is 77.8 Å². The van der Waals surface area contributed by atoms with E-state index >= 15 is 0 Å². The number of amides is 2. The van der Waals surface area contributed by atoms with Crippen LogP contribution in [-0.4, -0.2) is 34.2 Å². The van der Waals surface area contributed by atoms with Crippen LogP contribution >= 0.6 is 35.0 Å². The number of thioether (sulfide) groups is 1. The number of methoxy groups -OCH3 is 1. The molecule has 1 N–H and O–H groups in total. The van der Waals surface area contributed by atoms with E-state index in [1.165, 1.54) is 11.8 Å². The van der Waals surface area contributed by atoms with Gasteiger partial charge >= 0.3 is 0 Å². The number of amidine groups is 1. The maximum absolute atomic E-state index is 13.2. The van der Waals surface area contributed by atoms with Gasteiger partial charge in [-0.15, -0.1) is 0 Å². The zero-order valence-corrected chi connectivity index (χ0v) is 20.5. The number of para-hydroxylation sites is 1. The van der Waals surface area contributed by atoms with Gasteiger partial charge in [0.15, 0.2) is 5.17 Å². The average molecular weight is 514 g/mol. The number of benzene rings is 3. The molecule has 6 nitrogen and oxygen atoms in total. The number of halogens is 2. The van der Waals surface area contributed by atoms with Gasteiger partial charge in [0.2, 0.25) is 11.8 Å². The number of carbonyl (C=O) groups excluding carboxylic acids is 2. The second kappa shape index (κ2) is 11.0. The van der Waals surface area contributed by atoms with Gasteiger partial charge in [-0.1, -0.05) is 65.3 Å². The SMILES string of the molecule is COc1ccc(CN2C(=O)CC(C(=O)Nc3ccccc3Cl)SC2=Nc2cccc(Cl)c2)cc1. The van der Waals surface area contributed by atoms with E-state index < -0.39 is 5.25 Å². The molecule has 3 aromatic carbocycles. The topological polar surface area (TPSA) is 71.0 Å². The molecule has 1 aliphatic rings. The van der Waals surface area contributed by atoms with Gasteiger partial charge in [0.1, 0.15) is 11.0 Å². The maximum Gasteiger partial charge on any atom is 0.238 e. The Bertz CT molecular complexity index is 1230. The van der Waals surface area contributed by atoms with Crippen molar-refractivity contribution in [1.82, 2.24) is 4.90 Å². The molecule has 1 heterocycles. The summed E-state index contributed by atoms with van der Waals surface area (Å²) in [5, 5.41) is 3.54. The molecule has 2 amide bonds. The van der Waals surface area contributed by atoms with Crippen molar-refractivity contribution in [2.45, 2.75) is 18.2 Å². The lowest BCUT2D eigenvalue weighted by atomic mass is 10.2. The number of hydrogen-bond acceptors (Lipinski definition) is 5. The standard InChI is InChI=1S/C25H21Cl2N3O3S/c1-33-19-11-9-16(10-12-19)15-30-23(31)14-22(24(32)29-21-8-3-2-7-20(21)27)34-25(30)28-18-6-4-5-17(26)13-18/h2-13,22H,14-15H2,1H3,(H,29,32). The summed E-state index contributed by atoms with van der Waals surface area (Å²) in [6.07, 6.45) is 0.0334. The molecule has 0 spiro atoms. The summed E-state index contributed by atoms with van der Waals surface area (Å²) in [5.41, 5.74) is 2.00. The van der Waals surface area contributed by atoms with Crippen LogP contribution in [0.4, 0.5) is 11.4 Å². The molecule has 3 aromatic rings. The summed E-state index contributed by atoms with van der Waals surface area (Å²) < 4.78 is 5.21. The summed E-state index contributed by atoms with van der Waals surface area (Å²) in [4.78, 5) is 32.5. The Kier molecular flexibility index (Phi) is 7.77. The molecule has 0 bridgehead atoms. The molecule has 1 unspecified atom stereocenters. The van der Waals surface area contributed by atoms with Crippen LogP contribution in [0.2, 0.25) is 10.0 Å². The van der Waals surface area contributed by atoms with Gasteiger partial charge in [-0.05, 0) is 48.0 Å². The Hall–Kier alpha value is -3.00. The third kappa shape index (κ3) is 5.91. The van der Waals surface area contributed by atoms with E-state index in [0.717, 1.165) is 11.3 Å². The highest BCUT2D eigenvalue weighted by atomic mass is 35.5. The predicted octanol–water partition coefficient (Wildman–Crippen LogP) is 6.16. The predicted molar refractivity (Wildman–Crippen MR) is 138 cm³/mol. The Morgan fingerprint density at radius 2 is 1.88 bits per heavy atom. The minimum atomic E-state index is -0.658. The molecule has 0 radical (unpaired) electrons. The fourth-order valence-corrected chi connectivity index (χ4v) is 4.81. The van der Waals surface area contributed by atoms with Gasteiger partial charge in [-0.2, -0.15) is 0 Å². The number of nitrogens with zero attached hydrogens (tertiary/aromatic N) is 2. The Labute approximate surface area is 211 Å². The number of carbonyl (C=O) groups is 2. The number of anilines is 1. The van der Waals surface area contributed by atoms with Gasteiger partial charge < -0.3 is 10.1 Å². The van der Waals surface area contributed by atoms with E-state index in [4.69, 9.17) is 27.9 Å². The molecule has 34 heavy (non-hydrogen) atoms. The Morgan fingerprint density at radius 3 is 2.59 bits per heavy atom. The molecule has 1 aliphatic heterocycles. The maximum atomic E-state index is 13.2. The summed E-state index contributed by atoms with van der Waals surface area (Å²) >= 11 is 13.5. The second-order valence-corrected chi connectivity index (χ2v) is 9.50. The largest absolute Gasteiger partial charge is 0.497 e. The number of ether oxygens (including phenoxy) is 1. The minimum absolute atomic E-state index is 0.0334. The molecule has 0 saturated carbocycles. The minimum Gasteiger partial charge on any atom is -0.497 e. The van der Waals surface area contributed by atoms with Crippen molar-refractivity contribution in [3.63, 3.8) is 0 Å². The summed E-state index contributed by atoms with van der Waals surface area (Å²) in [5.74, 6) is 0.219. The van der Waals surface area contributed by atoms with Gasteiger partial charge in [0.05, 0.1) is 30.1 Å². The zero-order chi connectivity index (χ0) is 24.1. The average Bonchev–Trinajstić information content (AvgIpc) is 2.83. The lowest BCUT2D eigenvalue weighted by Gasteiger charge is -2.32. The van der Waals surface area contributed by atoms with Crippen LogP contribution in [-0.2, 0) is 16.1 Å². The monoisotopic (exact) mass is 513 g/mol. The lowest BCUT2D eigenvalue weighted by Crippen LogP contribution is -2.44. The highest BCUT2D eigenvalue weighted by Crippen LogP contribution is 2.32. The first-order valence-corrected chi connectivity index (χ1v) is 12.1. The van der Waals surface area contributed by atoms with Gasteiger partial charge in [-0.3, -0.25) is 14.5 Å². The number of rotatable bonds is 6. The highest BCUT2D eigenvalue weighted by molar-refractivity contribution is 8.15. The van der Waals surface area contributed by atoms with E-state index in [9.17, 15) is 9.59 Å². The number of aliphatic imine (C=N–C) groups is 1. The van der Waals surface area contributed by atoms with Crippen LogP contribution in [0.1, 0.15) is 12.0 Å². The van der Waals surface area contributed by atoms with Crippen molar-refractivity contribution in [1.29, 1.82) is 0 Å². The quantitative estimate of drug-likeness (QED) is 0.428. The van der Waals surface area contributed by atoms with Crippen molar-refractivity contribution >= 4 is 63.3 Å². The van der Waals surface area contributed by atoms with E-state index in [1.54, 1.807) is 60.5 Å². The molecular formula is C25H21Cl2N3O3S. The molecule has 9 heteroatoms. The van der Waals surface area contributed by atoms with Crippen LogP contribution in [0.3, 0.4) is 0 Å². The van der Waals surface area contributed by atoms with Gasteiger partial charge in [-0.25, -0.2) is 4.99 Å². The van der Waals surface area contributed by atoms with Crippen molar-refractivity contribution in [3.8, 4) is 5.75 Å². The first-order valence-electron chi connectivity index (χ1n) is 10.4. The molecular weight excluding hydrogens is 493 g/mol. The first kappa shape index (κ1) is 24.1. The molecule has 1 atom stereocenters. The van der Waals surface area contributed by atoms with Crippen LogP contribution in [0.5, 0.6) is 5.75 Å². The van der Waals surface area contributed by atoms with E-state index in [2.05, 4.69) is 10.3 Å². The van der Waals surface area contributed by atoms with Crippen molar-refractivity contribution in [2.24, 2.45) is 4.99 Å². The highest BCUT2D eigenvalue weighted by Gasteiger charge is 2.36. The molecule has 4 rings (SSSR count). The number of hydrogen-bond donors (Lipinski definition) is 1. The Morgan fingerprint density at radius 1 is 1.12 bits per heavy atom. The Balaban J connectivity index is 1.60. The smallest absolute Gasteiger partial charge is 0.238 e. The van der Waals surface area contributed by atoms with E-state index in [-0.39, 0.29) is 18.2 Å². The summed E-state index contributed by atoms with van der Waals surface area (Å²) in [7, 11) is 1.60. The fourth-order valence-electron chi connectivity index (χ4n) is 3.34. The van der Waals surface area contributed by atoms with Gasteiger partial charge in [0, 0.05) is 11.4 Å². The van der Waals surface area contributed by atoms with Crippen LogP contribution < -0.4 is 10.1 Å². The molecule has 174 valence electrons. The van der Waals surface area contributed by atoms with Gasteiger partial charge in [0.25, 0.3) is 0 Å². The van der Waals surface area contributed by atoms with E-state index in [0.29, 0.717) is 33.1 Å². The summed E-state index contributed by atoms with van der Waals surface area (Å²) in [6.45, 7) is 0.314. The first-order chi connectivity index (χ1) is 16.4. The van der Waals surface area contributed by atoms with Crippen molar-refractivity contribution < 1.29 is 14.3 Å². The molecule has 1 fully saturated rings. The molecule has 0 aliphatic carbocycles. The van der Waals surface area contributed by atoms with E-state index in [1.807, 2.05) is 24.3 Å². The third-order valence-corrected chi connectivity index (χ3v) is 6.85. The molecule has 1 saturated heterocycles. The second-order valence-electron chi connectivity index (χ2n) is 7.48. The number of nitrogens with one attached hydrogen (secondary N) is 1. The lowest BCUT2D eigenvalue weighted by molar-refractivity contribution is -0.129.